The number of nitrogens with zero attached hydrogens (tertiary/aromatic N) is 4. The third-order valence-corrected chi connectivity index (χ3v) is 5.42. The first kappa shape index (κ1) is 20.5. The Bertz CT molecular complexity index is 1310. The normalized spacial score (nSPS) is 11.1. The summed E-state index contributed by atoms with van der Waals surface area (Å²) in [7, 11) is 3.40. The number of rotatable bonds is 5. The van der Waals surface area contributed by atoms with Crippen molar-refractivity contribution in [3.05, 3.63) is 71.0 Å². The van der Waals surface area contributed by atoms with E-state index in [-0.39, 0.29) is 11.8 Å². The Kier molecular flexibility index (Phi) is 5.42. The summed E-state index contributed by atoms with van der Waals surface area (Å²) in [6, 6.07) is 14.9. The molecule has 0 fully saturated rings. The van der Waals surface area contributed by atoms with Crippen LogP contribution in [-0.4, -0.2) is 45.4 Å². The van der Waals surface area contributed by atoms with Gasteiger partial charge >= 0.3 is 0 Å². The van der Waals surface area contributed by atoms with Crippen molar-refractivity contribution in [1.29, 1.82) is 0 Å². The van der Waals surface area contributed by atoms with Gasteiger partial charge in [-0.25, -0.2) is 9.50 Å². The highest BCUT2D eigenvalue weighted by molar-refractivity contribution is 5.97. The van der Waals surface area contributed by atoms with E-state index in [2.05, 4.69) is 10.4 Å². The van der Waals surface area contributed by atoms with E-state index >= 15 is 0 Å². The highest BCUT2D eigenvalue weighted by Crippen LogP contribution is 2.23. The Hall–Kier alpha value is -3.74. The van der Waals surface area contributed by atoms with Gasteiger partial charge in [0.15, 0.2) is 5.65 Å². The lowest BCUT2D eigenvalue weighted by Gasteiger charge is -2.13. The van der Waals surface area contributed by atoms with Gasteiger partial charge in [-0.05, 0) is 56.2 Å². The van der Waals surface area contributed by atoms with Gasteiger partial charge in [-0.2, -0.15) is 5.10 Å². The third-order valence-electron chi connectivity index (χ3n) is 5.42. The van der Waals surface area contributed by atoms with Crippen molar-refractivity contribution in [3.8, 4) is 0 Å². The number of amides is 2. The lowest BCUT2D eigenvalue weighted by Crippen LogP contribution is -2.22. The lowest BCUT2D eigenvalue weighted by molar-refractivity contribution is -0.116. The summed E-state index contributed by atoms with van der Waals surface area (Å²) in [5, 5.41) is 8.58. The molecule has 2 aromatic carbocycles. The number of carbonyl (C=O) groups is 2. The minimum absolute atomic E-state index is 0.103. The second kappa shape index (κ2) is 8.18. The zero-order chi connectivity index (χ0) is 22.1. The van der Waals surface area contributed by atoms with Gasteiger partial charge in [0.1, 0.15) is 0 Å². The minimum atomic E-state index is -0.112. The van der Waals surface area contributed by atoms with E-state index in [9.17, 15) is 9.59 Å². The van der Waals surface area contributed by atoms with Crippen LogP contribution in [-0.2, 0) is 11.2 Å². The summed E-state index contributed by atoms with van der Waals surface area (Å²) in [6.07, 6.45) is 0.862. The largest absolute Gasteiger partial charge is 0.345 e. The van der Waals surface area contributed by atoms with Gasteiger partial charge in [-0.1, -0.05) is 18.2 Å². The number of hydrogen-bond donors (Lipinski definition) is 1. The molecular weight excluding hydrogens is 390 g/mol. The van der Waals surface area contributed by atoms with E-state index in [4.69, 9.17) is 4.98 Å². The highest BCUT2D eigenvalue weighted by Gasteiger charge is 2.15. The molecule has 0 bridgehead atoms. The van der Waals surface area contributed by atoms with Crippen LogP contribution in [0.1, 0.15) is 33.7 Å². The zero-order valence-electron chi connectivity index (χ0n) is 18.1. The average Bonchev–Trinajstić information content (AvgIpc) is 3.12. The Morgan fingerprint density at radius 1 is 1.06 bits per heavy atom. The summed E-state index contributed by atoms with van der Waals surface area (Å²) in [5.41, 5.74) is 5.80. The second-order valence-electron chi connectivity index (χ2n) is 7.84. The number of benzene rings is 2. The fourth-order valence-electron chi connectivity index (χ4n) is 3.79. The molecule has 0 unspecified atom stereocenters. The molecule has 0 aliphatic rings. The Balaban J connectivity index is 1.51. The number of anilines is 1. The molecule has 2 aromatic heterocycles. The van der Waals surface area contributed by atoms with Crippen molar-refractivity contribution in [3.63, 3.8) is 0 Å². The lowest BCUT2D eigenvalue weighted by atomic mass is 10.1. The minimum Gasteiger partial charge on any atom is -0.345 e. The molecule has 31 heavy (non-hydrogen) atoms. The van der Waals surface area contributed by atoms with Crippen molar-refractivity contribution < 1.29 is 9.59 Å². The van der Waals surface area contributed by atoms with Gasteiger partial charge < -0.3 is 10.2 Å². The molecule has 0 aliphatic heterocycles. The molecule has 0 spiro atoms. The van der Waals surface area contributed by atoms with Crippen LogP contribution in [0.4, 0.5) is 5.69 Å². The topological polar surface area (TPSA) is 79.6 Å². The Morgan fingerprint density at radius 2 is 1.84 bits per heavy atom. The summed E-state index contributed by atoms with van der Waals surface area (Å²) >= 11 is 0. The van der Waals surface area contributed by atoms with Gasteiger partial charge in [0, 0.05) is 48.5 Å². The molecule has 4 rings (SSSR count). The van der Waals surface area contributed by atoms with Crippen LogP contribution in [0.25, 0.3) is 16.6 Å². The number of nitrogens with one attached hydrogen (secondary N) is 1. The molecule has 4 aromatic rings. The molecule has 158 valence electrons. The smallest absolute Gasteiger partial charge is 0.253 e. The van der Waals surface area contributed by atoms with Crippen LogP contribution in [0.2, 0.25) is 0 Å². The van der Waals surface area contributed by atoms with Crippen LogP contribution in [0, 0.1) is 13.8 Å². The van der Waals surface area contributed by atoms with Gasteiger partial charge in [-0.3, -0.25) is 9.59 Å². The average molecular weight is 415 g/mol. The van der Waals surface area contributed by atoms with Crippen LogP contribution < -0.4 is 5.32 Å². The van der Waals surface area contributed by atoms with E-state index in [0.29, 0.717) is 24.1 Å². The molecule has 0 aliphatic carbocycles. The van der Waals surface area contributed by atoms with Crippen LogP contribution in [0.3, 0.4) is 0 Å². The predicted molar refractivity (Wildman–Crippen MR) is 121 cm³/mol. The van der Waals surface area contributed by atoms with Crippen LogP contribution in [0.5, 0.6) is 0 Å². The quantitative estimate of drug-likeness (QED) is 0.538. The monoisotopic (exact) mass is 415 g/mol. The van der Waals surface area contributed by atoms with Gasteiger partial charge in [-0.15, -0.1) is 0 Å². The van der Waals surface area contributed by atoms with E-state index < -0.39 is 0 Å². The number of fused-ring (bicyclic) bond motifs is 3. The molecule has 0 atom stereocenters. The number of carbonyl (C=O) groups excluding carboxylic acids is 2. The first-order valence-electron chi connectivity index (χ1n) is 10.2. The maximum Gasteiger partial charge on any atom is 0.253 e. The molecule has 0 saturated carbocycles. The van der Waals surface area contributed by atoms with Crippen LogP contribution in [0.15, 0.2) is 48.5 Å². The molecular formula is C24H25N5O2. The van der Waals surface area contributed by atoms with Gasteiger partial charge in [0.2, 0.25) is 5.91 Å². The standard InChI is InChI=1S/C24H25N5O2/c1-15-19(16(2)29-23(25-15)20-10-5-6-11-21(20)27-29)12-13-22(30)26-18-9-7-8-17(14-18)24(31)28(3)4/h5-11,14H,12-13H2,1-4H3,(H,26,30). The third kappa shape index (κ3) is 3.99. The van der Waals surface area contributed by atoms with Crippen molar-refractivity contribution in [2.24, 2.45) is 0 Å². The maximum absolute atomic E-state index is 12.6. The van der Waals surface area contributed by atoms with E-state index in [1.807, 2.05) is 42.6 Å². The molecule has 1 N–H and O–H groups in total. The van der Waals surface area contributed by atoms with Crippen LogP contribution >= 0.6 is 0 Å². The fraction of sp³-hybridized carbons (Fsp3) is 0.250. The SMILES string of the molecule is Cc1nc2c3ccccc3nn2c(C)c1CCC(=O)Nc1cccc(C(=O)N(C)C)c1. The number of aryl methyl sites for hydroxylation is 2. The summed E-state index contributed by atoms with van der Waals surface area (Å²) in [5.74, 6) is -0.215. The number of aromatic nitrogens is 3. The van der Waals surface area contributed by atoms with Crippen molar-refractivity contribution in [1.82, 2.24) is 19.5 Å². The zero-order valence-corrected chi connectivity index (χ0v) is 18.1. The molecule has 2 amide bonds. The highest BCUT2D eigenvalue weighted by atomic mass is 16.2. The molecule has 7 heteroatoms. The van der Waals surface area contributed by atoms with Crippen molar-refractivity contribution in [2.75, 3.05) is 19.4 Å². The maximum atomic E-state index is 12.6. The Labute approximate surface area is 180 Å². The molecule has 2 heterocycles. The summed E-state index contributed by atoms with van der Waals surface area (Å²) in [6.45, 7) is 3.98. The number of hydrogen-bond acceptors (Lipinski definition) is 4. The van der Waals surface area contributed by atoms with Gasteiger partial charge in [0.25, 0.3) is 5.91 Å². The molecule has 7 nitrogen and oxygen atoms in total. The van der Waals surface area contributed by atoms with Crippen molar-refractivity contribution in [2.45, 2.75) is 26.7 Å². The second-order valence-corrected chi connectivity index (χ2v) is 7.84. The van der Waals surface area contributed by atoms with E-state index in [1.165, 1.54) is 4.90 Å². The predicted octanol–water partition coefficient (Wildman–Crippen LogP) is 3.77. The molecule has 0 saturated heterocycles. The fourth-order valence-corrected chi connectivity index (χ4v) is 3.79. The Morgan fingerprint density at radius 3 is 2.61 bits per heavy atom. The van der Waals surface area contributed by atoms with Crippen molar-refractivity contribution >= 4 is 34.1 Å². The van der Waals surface area contributed by atoms with Gasteiger partial charge in [0.05, 0.1) is 5.52 Å². The van der Waals surface area contributed by atoms with E-state index in [1.54, 1.807) is 38.4 Å². The first-order chi connectivity index (χ1) is 14.8. The summed E-state index contributed by atoms with van der Waals surface area (Å²) < 4.78 is 1.86. The van der Waals surface area contributed by atoms with E-state index in [0.717, 1.165) is 33.5 Å². The first-order valence-corrected chi connectivity index (χ1v) is 10.2. The summed E-state index contributed by atoms with van der Waals surface area (Å²) in [4.78, 5) is 31.0. The molecule has 0 radical (unpaired) electrons.